The van der Waals surface area contributed by atoms with E-state index in [2.05, 4.69) is 5.32 Å². The maximum Gasteiger partial charge on any atom is 0.329 e. The van der Waals surface area contributed by atoms with Crippen LogP contribution in [0.1, 0.15) is 60.0 Å². The highest BCUT2D eigenvalue weighted by atomic mass is 32.1. The van der Waals surface area contributed by atoms with E-state index in [0.717, 1.165) is 37.0 Å². The average molecular weight is 295 g/mol. The lowest BCUT2D eigenvalue weighted by Gasteiger charge is -2.29. The summed E-state index contributed by atoms with van der Waals surface area (Å²) in [6, 6.07) is 3.71. The van der Waals surface area contributed by atoms with Gasteiger partial charge in [-0.2, -0.15) is 0 Å². The zero-order chi connectivity index (χ0) is 14.6. The van der Waals surface area contributed by atoms with Gasteiger partial charge in [-0.15, -0.1) is 11.3 Å². The second-order valence-corrected chi connectivity index (χ2v) is 6.54. The van der Waals surface area contributed by atoms with Crippen LogP contribution in [0.4, 0.5) is 0 Å². The van der Waals surface area contributed by atoms with Crippen LogP contribution in [0.25, 0.3) is 0 Å². The third kappa shape index (κ3) is 3.20. The number of carbonyl (C=O) groups excluding carboxylic acids is 1. The zero-order valence-electron chi connectivity index (χ0n) is 11.8. The minimum absolute atomic E-state index is 0.251. The molecule has 0 spiro atoms. The molecule has 0 radical (unpaired) electrons. The van der Waals surface area contributed by atoms with Crippen molar-refractivity contribution in [2.45, 2.75) is 57.4 Å². The molecule has 0 atom stereocenters. The van der Waals surface area contributed by atoms with Gasteiger partial charge in [0.2, 0.25) is 0 Å². The van der Waals surface area contributed by atoms with Gasteiger partial charge in [0, 0.05) is 4.88 Å². The number of hydrogen-bond donors (Lipinski definition) is 2. The second kappa shape index (κ2) is 6.39. The molecule has 1 aliphatic carbocycles. The van der Waals surface area contributed by atoms with Crippen molar-refractivity contribution in [2.24, 2.45) is 0 Å². The van der Waals surface area contributed by atoms with Gasteiger partial charge in [0.1, 0.15) is 5.54 Å². The fourth-order valence-electron chi connectivity index (χ4n) is 2.69. The van der Waals surface area contributed by atoms with Crippen LogP contribution in [0.3, 0.4) is 0 Å². The van der Waals surface area contributed by atoms with Gasteiger partial charge in [-0.1, -0.05) is 32.6 Å². The third-order valence-electron chi connectivity index (χ3n) is 3.95. The molecule has 0 bridgehead atoms. The molecule has 20 heavy (non-hydrogen) atoms. The summed E-state index contributed by atoms with van der Waals surface area (Å²) in [7, 11) is 0. The average Bonchev–Trinajstić information content (AvgIpc) is 2.79. The van der Waals surface area contributed by atoms with Crippen LogP contribution in [-0.2, 0) is 11.2 Å². The van der Waals surface area contributed by atoms with E-state index in [0.29, 0.717) is 17.7 Å². The predicted octanol–water partition coefficient (Wildman–Crippen LogP) is 3.22. The second-order valence-electron chi connectivity index (χ2n) is 5.38. The van der Waals surface area contributed by atoms with Crippen LogP contribution in [0.5, 0.6) is 0 Å². The van der Waals surface area contributed by atoms with Crippen molar-refractivity contribution in [3.8, 4) is 0 Å². The van der Waals surface area contributed by atoms with E-state index >= 15 is 0 Å². The molecule has 0 saturated heterocycles. The molecule has 2 N–H and O–H groups in total. The van der Waals surface area contributed by atoms with E-state index in [1.54, 1.807) is 6.07 Å². The van der Waals surface area contributed by atoms with Crippen LogP contribution in [0.15, 0.2) is 12.1 Å². The van der Waals surface area contributed by atoms with E-state index in [1.807, 2.05) is 13.0 Å². The highest BCUT2D eigenvalue weighted by Crippen LogP contribution is 2.28. The summed E-state index contributed by atoms with van der Waals surface area (Å²) >= 11 is 1.44. The van der Waals surface area contributed by atoms with Gasteiger partial charge in [0.05, 0.1) is 4.88 Å². The molecule has 4 nitrogen and oxygen atoms in total. The highest BCUT2D eigenvalue weighted by Gasteiger charge is 2.40. The lowest BCUT2D eigenvalue weighted by atomic mass is 9.90. The van der Waals surface area contributed by atoms with Crippen molar-refractivity contribution in [3.05, 3.63) is 21.9 Å². The maximum atomic E-state index is 12.3. The Labute approximate surface area is 123 Å². The predicted molar refractivity (Wildman–Crippen MR) is 79.2 cm³/mol. The molecule has 1 heterocycles. The monoisotopic (exact) mass is 295 g/mol. The number of hydrogen-bond acceptors (Lipinski definition) is 3. The molecule has 5 heteroatoms. The number of aliphatic carboxylic acids is 1. The Morgan fingerprint density at radius 1 is 1.25 bits per heavy atom. The smallest absolute Gasteiger partial charge is 0.329 e. The summed E-state index contributed by atoms with van der Waals surface area (Å²) in [4.78, 5) is 25.7. The van der Waals surface area contributed by atoms with Crippen LogP contribution < -0.4 is 5.32 Å². The largest absolute Gasteiger partial charge is 0.480 e. The minimum Gasteiger partial charge on any atom is -0.480 e. The summed E-state index contributed by atoms with van der Waals surface area (Å²) in [5, 5.41) is 12.3. The first-order valence-corrected chi connectivity index (χ1v) is 8.04. The maximum absolute atomic E-state index is 12.3. The lowest BCUT2D eigenvalue weighted by molar-refractivity contribution is -0.145. The van der Waals surface area contributed by atoms with Crippen molar-refractivity contribution in [3.63, 3.8) is 0 Å². The minimum atomic E-state index is -1.08. The Morgan fingerprint density at radius 2 is 1.90 bits per heavy atom. The lowest BCUT2D eigenvalue weighted by Crippen LogP contribution is -2.54. The number of carboxylic acids is 1. The van der Waals surface area contributed by atoms with Crippen LogP contribution in [0, 0.1) is 0 Å². The number of carboxylic acid groups (broad SMARTS) is 1. The molecule has 0 unspecified atom stereocenters. The summed E-state index contributed by atoms with van der Waals surface area (Å²) in [5.41, 5.74) is -1.08. The molecule has 1 aliphatic rings. The Bertz CT molecular complexity index is 487. The van der Waals surface area contributed by atoms with Gasteiger partial charge in [-0.3, -0.25) is 4.79 Å². The first-order valence-electron chi connectivity index (χ1n) is 7.22. The van der Waals surface area contributed by atoms with Crippen LogP contribution in [-0.4, -0.2) is 22.5 Å². The molecule has 1 saturated carbocycles. The topological polar surface area (TPSA) is 66.4 Å². The first-order chi connectivity index (χ1) is 9.57. The van der Waals surface area contributed by atoms with E-state index in [-0.39, 0.29) is 5.91 Å². The van der Waals surface area contributed by atoms with Crippen molar-refractivity contribution in [1.29, 1.82) is 0 Å². The van der Waals surface area contributed by atoms with Gasteiger partial charge in [0.25, 0.3) is 5.91 Å². The van der Waals surface area contributed by atoms with Gasteiger partial charge in [-0.25, -0.2) is 4.79 Å². The van der Waals surface area contributed by atoms with Crippen LogP contribution in [0.2, 0.25) is 0 Å². The summed E-state index contributed by atoms with van der Waals surface area (Å²) < 4.78 is 0. The van der Waals surface area contributed by atoms with E-state index in [1.165, 1.54) is 11.3 Å². The molecular weight excluding hydrogens is 274 g/mol. The van der Waals surface area contributed by atoms with Gasteiger partial charge < -0.3 is 10.4 Å². The highest BCUT2D eigenvalue weighted by molar-refractivity contribution is 7.14. The Balaban J connectivity index is 2.14. The number of thiophene rings is 1. The SMILES string of the molecule is CCc1ccc(C(=O)NC2(C(=O)O)CCCCCC2)s1. The van der Waals surface area contributed by atoms with Gasteiger partial charge >= 0.3 is 5.97 Å². The quantitative estimate of drug-likeness (QED) is 0.838. The summed E-state index contributed by atoms with van der Waals surface area (Å²) in [5.74, 6) is -1.15. The number of aryl methyl sites for hydroxylation is 1. The van der Waals surface area contributed by atoms with Crippen molar-refractivity contribution < 1.29 is 14.7 Å². The molecular formula is C15H21NO3S. The fourth-order valence-corrected chi connectivity index (χ4v) is 3.54. The molecule has 1 amide bonds. The Hall–Kier alpha value is -1.36. The number of amides is 1. The summed E-state index contributed by atoms with van der Waals surface area (Å²) in [6.07, 6.45) is 5.75. The van der Waals surface area contributed by atoms with Crippen molar-refractivity contribution >= 4 is 23.2 Å². The van der Waals surface area contributed by atoms with Gasteiger partial charge in [-0.05, 0) is 31.4 Å². The molecule has 2 rings (SSSR count). The molecule has 0 aromatic carbocycles. The summed E-state index contributed by atoms with van der Waals surface area (Å²) in [6.45, 7) is 2.04. The molecule has 1 aromatic heterocycles. The van der Waals surface area contributed by atoms with E-state index < -0.39 is 11.5 Å². The number of rotatable bonds is 4. The molecule has 0 aliphatic heterocycles. The standard InChI is InChI=1S/C15H21NO3S/c1-2-11-7-8-12(20-11)13(17)16-15(14(18)19)9-5-3-4-6-10-15/h7-8H,2-6,9-10H2,1H3,(H,16,17)(H,18,19). The molecule has 110 valence electrons. The van der Waals surface area contributed by atoms with Crippen molar-refractivity contribution in [2.75, 3.05) is 0 Å². The number of carbonyl (C=O) groups is 2. The Morgan fingerprint density at radius 3 is 2.40 bits per heavy atom. The van der Waals surface area contributed by atoms with E-state index in [4.69, 9.17) is 0 Å². The number of nitrogens with one attached hydrogen (secondary N) is 1. The van der Waals surface area contributed by atoms with Gasteiger partial charge in [0.15, 0.2) is 0 Å². The third-order valence-corrected chi connectivity index (χ3v) is 5.18. The fraction of sp³-hybridized carbons (Fsp3) is 0.600. The molecule has 1 fully saturated rings. The molecule has 1 aromatic rings. The van der Waals surface area contributed by atoms with E-state index in [9.17, 15) is 14.7 Å². The zero-order valence-corrected chi connectivity index (χ0v) is 12.6. The first kappa shape index (κ1) is 15.0. The van der Waals surface area contributed by atoms with Crippen LogP contribution >= 0.6 is 11.3 Å². The Kier molecular flexibility index (Phi) is 4.81. The van der Waals surface area contributed by atoms with Crippen molar-refractivity contribution in [1.82, 2.24) is 5.32 Å². The normalized spacial score (nSPS) is 18.2.